The summed E-state index contributed by atoms with van der Waals surface area (Å²) >= 11 is 5.27. The number of pyridine rings is 1. The van der Waals surface area contributed by atoms with Crippen molar-refractivity contribution in [3.8, 4) is 0 Å². The lowest BCUT2D eigenvalue weighted by Gasteiger charge is -2.16. The highest BCUT2D eigenvalue weighted by molar-refractivity contribution is 9.10. The summed E-state index contributed by atoms with van der Waals surface area (Å²) < 4.78 is 1.04. The van der Waals surface area contributed by atoms with E-state index in [0.717, 1.165) is 16.0 Å². The molecule has 0 bridgehead atoms. The monoisotopic (exact) mass is 286 g/mol. The molecular weight excluding hydrogens is 272 g/mol. The van der Waals surface area contributed by atoms with E-state index in [4.69, 9.17) is 5.73 Å². The number of thioether (sulfide) groups is 1. The largest absolute Gasteiger partial charge is 0.330 e. The Labute approximate surface area is 103 Å². The fourth-order valence-corrected chi connectivity index (χ4v) is 3.54. The summed E-state index contributed by atoms with van der Waals surface area (Å²) in [5, 5.41) is 1.78. The summed E-state index contributed by atoms with van der Waals surface area (Å²) in [6.07, 6.45) is 5.74. The summed E-state index contributed by atoms with van der Waals surface area (Å²) in [4.78, 5) is 4.39. The van der Waals surface area contributed by atoms with Crippen LogP contribution in [0.25, 0.3) is 0 Å². The number of nitrogens with zero attached hydrogens (tertiary/aromatic N) is 1. The van der Waals surface area contributed by atoms with Crippen LogP contribution in [0, 0.1) is 5.92 Å². The van der Waals surface area contributed by atoms with E-state index in [1.807, 2.05) is 24.0 Å². The first-order valence-corrected chi connectivity index (χ1v) is 6.95. The number of aromatic nitrogens is 1. The summed E-state index contributed by atoms with van der Waals surface area (Å²) in [7, 11) is 0. The van der Waals surface area contributed by atoms with Gasteiger partial charge in [-0.15, -0.1) is 11.8 Å². The van der Waals surface area contributed by atoms with E-state index in [2.05, 4.69) is 27.0 Å². The molecule has 2 atom stereocenters. The maximum Gasteiger partial charge on any atom is 0.0963 e. The fraction of sp³-hybridized carbons (Fsp3) is 0.545. The minimum atomic E-state index is 0.670. The van der Waals surface area contributed by atoms with Crippen LogP contribution in [0.5, 0.6) is 0 Å². The second kappa shape index (κ2) is 5.32. The van der Waals surface area contributed by atoms with Gasteiger partial charge < -0.3 is 5.73 Å². The van der Waals surface area contributed by atoms with Gasteiger partial charge in [-0.3, -0.25) is 0 Å². The van der Waals surface area contributed by atoms with Crippen molar-refractivity contribution in [1.82, 2.24) is 4.98 Å². The molecule has 1 aromatic rings. The van der Waals surface area contributed by atoms with E-state index in [0.29, 0.717) is 11.2 Å². The van der Waals surface area contributed by atoms with Crippen LogP contribution in [0.15, 0.2) is 27.8 Å². The first kappa shape index (κ1) is 11.4. The Kier molecular flexibility index (Phi) is 4.05. The number of halogens is 1. The SMILES string of the molecule is NCC1CCCC1Sc1ccc(Br)cn1. The summed E-state index contributed by atoms with van der Waals surface area (Å²) in [5.74, 6) is 0.681. The summed E-state index contributed by atoms with van der Waals surface area (Å²) in [6, 6.07) is 4.11. The highest BCUT2D eigenvalue weighted by Gasteiger charge is 2.27. The number of rotatable bonds is 3. The van der Waals surface area contributed by atoms with Crippen LogP contribution in [0.4, 0.5) is 0 Å². The van der Waals surface area contributed by atoms with E-state index in [1.165, 1.54) is 19.3 Å². The molecule has 0 spiro atoms. The van der Waals surface area contributed by atoms with Gasteiger partial charge in [0.15, 0.2) is 0 Å². The van der Waals surface area contributed by atoms with Gasteiger partial charge in [0.2, 0.25) is 0 Å². The van der Waals surface area contributed by atoms with Crippen molar-refractivity contribution in [3.05, 3.63) is 22.8 Å². The second-order valence-corrected chi connectivity index (χ2v) is 6.07. The molecule has 1 heterocycles. The third kappa shape index (κ3) is 2.95. The smallest absolute Gasteiger partial charge is 0.0963 e. The Bertz CT molecular complexity index is 315. The van der Waals surface area contributed by atoms with E-state index in [-0.39, 0.29) is 0 Å². The average molecular weight is 287 g/mol. The van der Waals surface area contributed by atoms with Gasteiger partial charge in [-0.2, -0.15) is 0 Å². The van der Waals surface area contributed by atoms with Crippen molar-refractivity contribution in [1.29, 1.82) is 0 Å². The van der Waals surface area contributed by atoms with Gasteiger partial charge in [0.25, 0.3) is 0 Å². The molecule has 0 aromatic carbocycles. The van der Waals surface area contributed by atoms with E-state index in [9.17, 15) is 0 Å². The van der Waals surface area contributed by atoms with Crippen LogP contribution in [-0.2, 0) is 0 Å². The van der Waals surface area contributed by atoms with E-state index < -0.39 is 0 Å². The molecule has 0 saturated heterocycles. The van der Waals surface area contributed by atoms with Crippen molar-refractivity contribution in [3.63, 3.8) is 0 Å². The Hall–Kier alpha value is -0.0600. The van der Waals surface area contributed by atoms with E-state index in [1.54, 1.807) is 0 Å². The summed E-state index contributed by atoms with van der Waals surface area (Å²) in [5.41, 5.74) is 5.76. The number of hydrogen-bond donors (Lipinski definition) is 1. The summed E-state index contributed by atoms with van der Waals surface area (Å²) in [6.45, 7) is 0.814. The van der Waals surface area contributed by atoms with Gasteiger partial charge >= 0.3 is 0 Å². The van der Waals surface area contributed by atoms with Crippen molar-refractivity contribution < 1.29 is 0 Å². The lowest BCUT2D eigenvalue weighted by Crippen LogP contribution is -2.20. The normalized spacial score (nSPS) is 25.7. The molecule has 2 nitrogen and oxygen atoms in total. The minimum absolute atomic E-state index is 0.670. The molecule has 1 aliphatic rings. The van der Waals surface area contributed by atoms with Crippen molar-refractivity contribution >= 4 is 27.7 Å². The zero-order valence-corrected chi connectivity index (χ0v) is 10.9. The molecule has 1 saturated carbocycles. The fourth-order valence-electron chi connectivity index (χ4n) is 2.01. The van der Waals surface area contributed by atoms with E-state index >= 15 is 0 Å². The molecule has 1 fully saturated rings. The predicted octanol–water partition coefficient (Wildman–Crippen LogP) is 3.06. The molecule has 1 aliphatic carbocycles. The molecule has 82 valence electrons. The Morgan fingerprint density at radius 3 is 3.00 bits per heavy atom. The number of nitrogens with two attached hydrogens (primary N) is 1. The van der Waals surface area contributed by atoms with Gasteiger partial charge in [-0.05, 0) is 53.4 Å². The van der Waals surface area contributed by atoms with Crippen LogP contribution in [0.3, 0.4) is 0 Å². The molecule has 2 N–H and O–H groups in total. The minimum Gasteiger partial charge on any atom is -0.330 e. The highest BCUT2D eigenvalue weighted by Crippen LogP contribution is 2.37. The third-order valence-corrected chi connectivity index (χ3v) is 4.74. The standard InChI is InChI=1S/C11H15BrN2S/c12-9-4-5-11(14-7-9)15-10-3-1-2-8(10)6-13/h4-5,7-8,10H,1-3,6,13H2. The van der Waals surface area contributed by atoms with Gasteiger partial charge in [-0.1, -0.05) is 6.42 Å². The third-order valence-electron chi connectivity index (χ3n) is 2.86. The van der Waals surface area contributed by atoms with Crippen LogP contribution in [-0.4, -0.2) is 16.8 Å². The van der Waals surface area contributed by atoms with Crippen LogP contribution < -0.4 is 5.73 Å². The van der Waals surface area contributed by atoms with Gasteiger partial charge in [0, 0.05) is 15.9 Å². The molecular formula is C11H15BrN2S. The second-order valence-electron chi connectivity index (χ2n) is 3.90. The van der Waals surface area contributed by atoms with Crippen molar-refractivity contribution in [2.24, 2.45) is 11.7 Å². The lowest BCUT2D eigenvalue weighted by atomic mass is 10.1. The van der Waals surface area contributed by atoms with Gasteiger partial charge in [0.1, 0.15) is 0 Å². The molecule has 2 rings (SSSR count). The quantitative estimate of drug-likeness (QED) is 0.928. The van der Waals surface area contributed by atoms with Crippen LogP contribution in [0.2, 0.25) is 0 Å². The van der Waals surface area contributed by atoms with Gasteiger partial charge in [-0.25, -0.2) is 4.98 Å². The topological polar surface area (TPSA) is 38.9 Å². The zero-order valence-electron chi connectivity index (χ0n) is 8.53. The Balaban J connectivity index is 1.99. The molecule has 4 heteroatoms. The predicted molar refractivity (Wildman–Crippen MR) is 68.0 cm³/mol. The Morgan fingerprint density at radius 1 is 1.47 bits per heavy atom. The van der Waals surface area contributed by atoms with Crippen LogP contribution >= 0.6 is 27.7 Å². The molecule has 0 aliphatic heterocycles. The zero-order chi connectivity index (χ0) is 10.7. The first-order chi connectivity index (χ1) is 7.29. The molecule has 2 unspecified atom stereocenters. The van der Waals surface area contributed by atoms with Crippen LogP contribution in [0.1, 0.15) is 19.3 Å². The van der Waals surface area contributed by atoms with Gasteiger partial charge in [0.05, 0.1) is 5.03 Å². The average Bonchev–Trinajstić information content (AvgIpc) is 2.69. The molecule has 1 aromatic heterocycles. The maximum atomic E-state index is 5.76. The highest BCUT2D eigenvalue weighted by atomic mass is 79.9. The molecule has 15 heavy (non-hydrogen) atoms. The maximum absolute atomic E-state index is 5.76. The first-order valence-electron chi connectivity index (χ1n) is 5.28. The lowest BCUT2D eigenvalue weighted by molar-refractivity contribution is 0.573. The molecule has 0 amide bonds. The molecule has 0 radical (unpaired) electrons. The van der Waals surface area contributed by atoms with Crippen molar-refractivity contribution in [2.75, 3.05) is 6.54 Å². The number of hydrogen-bond acceptors (Lipinski definition) is 3. The Morgan fingerprint density at radius 2 is 2.33 bits per heavy atom. The van der Waals surface area contributed by atoms with Crippen molar-refractivity contribution in [2.45, 2.75) is 29.5 Å².